The third-order valence-electron chi connectivity index (χ3n) is 2.79. The molecule has 0 aliphatic heterocycles. The molecule has 5 heteroatoms. The zero-order valence-electron chi connectivity index (χ0n) is 10.7. The topological polar surface area (TPSA) is 9.23 Å². The van der Waals surface area contributed by atoms with E-state index in [9.17, 15) is 0 Å². The molecule has 0 aliphatic carbocycles. The van der Waals surface area contributed by atoms with Crippen molar-refractivity contribution in [3.05, 3.63) is 62.6 Å². The fourth-order valence-electron chi connectivity index (χ4n) is 1.82. The van der Waals surface area contributed by atoms with Crippen LogP contribution in [0.1, 0.15) is 23.4 Å². The molecule has 106 valence electrons. The van der Waals surface area contributed by atoms with Crippen LogP contribution in [0.5, 0.6) is 5.75 Å². The lowest BCUT2D eigenvalue weighted by Gasteiger charge is -2.15. The summed E-state index contributed by atoms with van der Waals surface area (Å²) in [6.45, 7) is 2.41. The van der Waals surface area contributed by atoms with Crippen molar-refractivity contribution in [1.29, 1.82) is 0 Å². The lowest BCUT2D eigenvalue weighted by molar-refractivity contribution is 0.340. The van der Waals surface area contributed by atoms with Gasteiger partial charge in [0.2, 0.25) is 0 Å². The number of hydrogen-bond donors (Lipinski definition) is 0. The van der Waals surface area contributed by atoms with Gasteiger partial charge in [-0.2, -0.15) is 0 Å². The summed E-state index contributed by atoms with van der Waals surface area (Å²) in [5, 5.41) is 1.28. The molecular weight excluding hydrogens is 338 g/mol. The molecule has 2 aromatic carbocycles. The highest BCUT2D eigenvalue weighted by atomic mass is 35.5. The van der Waals surface area contributed by atoms with E-state index in [1.807, 2.05) is 19.1 Å². The third-order valence-corrected chi connectivity index (χ3v) is 4.15. The van der Waals surface area contributed by atoms with Crippen LogP contribution in [0.15, 0.2) is 36.4 Å². The summed E-state index contributed by atoms with van der Waals surface area (Å²) in [5.41, 5.74) is 1.64. The Hall–Kier alpha value is -0.600. The second-order valence-electron chi connectivity index (χ2n) is 4.15. The van der Waals surface area contributed by atoms with Crippen LogP contribution in [0.25, 0.3) is 0 Å². The molecule has 1 unspecified atom stereocenters. The molecule has 0 heterocycles. The number of ether oxygens (including phenoxy) is 1. The summed E-state index contributed by atoms with van der Waals surface area (Å²) in [6.07, 6.45) is 0. The lowest BCUT2D eigenvalue weighted by atomic mass is 10.0. The molecule has 0 N–H and O–H groups in total. The summed E-state index contributed by atoms with van der Waals surface area (Å²) in [4.78, 5) is 0. The van der Waals surface area contributed by atoms with Crippen LogP contribution >= 0.6 is 46.4 Å². The molecule has 0 fully saturated rings. The molecule has 0 bridgehead atoms. The molecule has 0 saturated carbocycles. The Morgan fingerprint density at radius 3 is 2.25 bits per heavy atom. The first-order valence-corrected chi connectivity index (χ1v) is 7.61. The van der Waals surface area contributed by atoms with Gasteiger partial charge in [0.15, 0.2) is 0 Å². The van der Waals surface area contributed by atoms with Crippen LogP contribution in [0, 0.1) is 0 Å². The van der Waals surface area contributed by atoms with E-state index in [4.69, 9.17) is 51.1 Å². The summed E-state index contributed by atoms with van der Waals surface area (Å²) in [7, 11) is 0. The Kier molecular flexibility index (Phi) is 5.45. The van der Waals surface area contributed by atoms with Gasteiger partial charge in [0.25, 0.3) is 0 Å². The molecule has 0 spiro atoms. The molecule has 0 radical (unpaired) electrons. The van der Waals surface area contributed by atoms with Crippen molar-refractivity contribution in [2.75, 3.05) is 6.61 Å². The van der Waals surface area contributed by atoms with Crippen molar-refractivity contribution in [3.63, 3.8) is 0 Å². The van der Waals surface area contributed by atoms with E-state index in [-0.39, 0.29) is 0 Å². The molecule has 1 nitrogen and oxygen atoms in total. The quantitative estimate of drug-likeness (QED) is 0.582. The molecule has 0 aliphatic rings. The van der Waals surface area contributed by atoms with Crippen molar-refractivity contribution < 1.29 is 4.74 Å². The van der Waals surface area contributed by atoms with E-state index in [1.165, 1.54) is 0 Å². The van der Waals surface area contributed by atoms with Crippen molar-refractivity contribution >= 4 is 46.4 Å². The van der Waals surface area contributed by atoms with E-state index in [1.54, 1.807) is 24.3 Å². The van der Waals surface area contributed by atoms with E-state index >= 15 is 0 Å². The Balaban J connectivity index is 2.37. The van der Waals surface area contributed by atoms with Crippen LogP contribution < -0.4 is 4.74 Å². The zero-order valence-corrected chi connectivity index (χ0v) is 13.7. The molecule has 0 amide bonds. The van der Waals surface area contributed by atoms with Crippen LogP contribution in [-0.2, 0) is 0 Å². The summed E-state index contributed by atoms with van der Waals surface area (Å²) in [5.74, 6) is 0.558. The highest BCUT2D eigenvalue weighted by molar-refractivity contribution is 6.36. The molecule has 1 atom stereocenters. The van der Waals surface area contributed by atoms with Crippen molar-refractivity contribution in [3.8, 4) is 5.75 Å². The molecule has 0 aromatic heterocycles. The number of alkyl halides is 1. The van der Waals surface area contributed by atoms with Gasteiger partial charge in [0, 0.05) is 16.1 Å². The predicted octanol–water partition coefficient (Wildman–Crippen LogP) is 6.37. The third kappa shape index (κ3) is 3.53. The minimum absolute atomic E-state index is 0.395. The van der Waals surface area contributed by atoms with Crippen LogP contribution in [0.3, 0.4) is 0 Å². The van der Waals surface area contributed by atoms with E-state index < -0.39 is 5.38 Å². The van der Waals surface area contributed by atoms with Gasteiger partial charge in [-0.15, -0.1) is 11.6 Å². The first-order valence-electron chi connectivity index (χ1n) is 6.04. The summed E-state index contributed by atoms with van der Waals surface area (Å²) < 4.78 is 5.40. The molecule has 2 aromatic rings. The monoisotopic (exact) mass is 348 g/mol. The minimum Gasteiger partial charge on any atom is -0.492 e. The molecule has 2 rings (SSSR count). The Bertz CT molecular complexity index is 596. The molecule has 20 heavy (non-hydrogen) atoms. The second-order valence-corrected chi connectivity index (χ2v) is 5.84. The van der Waals surface area contributed by atoms with E-state index in [2.05, 4.69) is 0 Å². The Morgan fingerprint density at radius 2 is 1.65 bits per heavy atom. The maximum atomic E-state index is 6.46. The van der Waals surface area contributed by atoms with Crippen molar-refractivity contribution in [1.82, 2.24) is 0 Å². The highest BCUT2D eigenvalue weighted by Gasteiger charge is 2.17. The van der Waals surface area contributed by atoms with Gasteiger partial charge < -0.3 is 4.74 Å². The number of rotatable bonds is 4. The van der Waals surface area contributed by atoms with Gasteiger partial charge in [-0.05, 0) is 36.2 Å². The van der Waals surface area contributed by atoms with Gasteiger partial charge >= 0.3 is 0 Å². The maximum absolute atomic E-state index is 6.46. The normalized spacial score (nSPS) is 12.2. The fourth-order valence-corrected chi connectivity index (χ4v) is 2.81. The maximum Gasteiger partial charge on any atom is 0.139 e. The van der Waals surface area contributed by atoms with Crippen LogP contribution in [0.4, 0.5) is 0 Å². The first kappa shape index (κ1) is 15.8. The minimum atomic E-state index is -0.395. The van der Waals surface area contributed by atoms with Gasteiger partial charge in [-0.25, -0.2) is 0 Å². The predicted molar refractivity (Wildman–Crippen MR) is 86.8 cm³/mol. The van der Waals surface area contributed by atoms with E-state index in [0.29, 0.717) is 27.4 Å². The van der Waals surface area contributed by atoms with E-state index in [0.717, 1.165) is 11.1 Å². The summed E-state index contributed by atoms with van der Waals surface area (Å²) >= 11 is 24.8. The van der Waals surface area contributed by atoms with Crippen molar-refractivity contribution in [2.45, 2.75) is 12.3 Å². The smallest absolute Gasteiger partial charge is 0.139 e. The Labute approximate surface area is 138 Å². The van der Waals surface area contributed by atoms with Gasteiger partial charge in [0.1, 0.15) is 5.75 Å². The van der Waals surface area contributed by atoms with Gasteiger partial charge in [-0.1, -0.05) is 46.9 Å². The van der Waals surface area contributed by atoms with Gasteiger partial charge in [-0.3, -0.25) is 0 Å². The average Bonchev–Trinajstić information content (AvgIpc) is 2.43. The zero-order chi connectivity index (χ0) is 14.7. The SMILES string of the molecule is CCOc1cc(Cl)c(C(Cl)c2ccc(Cl)cc2)cc1Cl. The highest BCUT2D eigenvalue weighted by Crippen LogP contribution is 2.39. The van der Waals surface area contributed by atoms with Crippen LogP contribution in [0.2, 0.25) is 15.1 Å². The molecular formula is C15H12Cl4O. The lowest BCUT2D eigenvalue weighted by Crippen LogP contribution is -1.97. The van der Waals surface area contributed by atoms with Crippen molar-refractivity contribution in [2.24, 2.45) is 0 Å². The first-order chi connectivity index (χ1) is 9.52. The second kappa shape index (κ2) is 6.91. The Morgan fingerprint density at radius 1 is 1.00 bits per heavy atom. The largest absolute Gasteiger partial charge is 0.492 e. The summed E-state index contributed by atoms with van der Waals surface area (Å²) in [6, 6.07) is 10.7. The number of benzene rings is 2. The molecule has 0 saturated heterocycles. The van der Waals surface area contributed by atoms with Crippen LogP contribution in [-0.4, -0.2) is 6.61 Å². The standard InChI is InChI=1S/C15H12Cl4O/c1-2-20-14-8-12(17)11(7-13(14)18)15(19)9-3-5-10(16)6-4-9/h3-8,15H,2H2,1H3. The average molecular weight is 350 g/mol. The van der Waals surface area contributed by atoms with Gasteiger partial charge in [0.05, 0.1) is 17.0 Å². The fraction of sp³-hybridized carbons (Fsp3) is 0.200. The number of hydrogen-bond acceptors (Lipinski definition) is 1. The number of halogens is 4.